The van der Waals surface area contributed by atoms with E-state index in [1.807, 2.05) is 11.5 Å². The fraction of sp³-hybridized carbons (Fsp3) is 0.333. The number of carbonyl (C=O) groups is 2. The van der Waals surface area contributed by atoms with Crippen LogP contribution in [-0.4, -0.2) is 32.3 Å². The fourth-order valence-corrected chi connectivity index (χ4v) is 3.07. The van der Waals surface area contributed by atoms with Crippen molar-refractivity contribution < 1.29 is 9.59 Å². The molecule has 2 amide bonds. The van der Waals surface area contributed by atoms with Gasteiger partial charge in [0.15, 0.2) is 5.16 Å². The maximum Gasteiger partial charge on any atom is 0.234 e. The molecule has 0 saturated carbocycles. The maximum atomic E-state index is 12.0. The van der Waals surface area contributed by atoms with Gasteiger partial charge in [0, 0.05) is 30.1 Å². The Kier molecular flexibility index (Phi) is 6.62. The summed E-state index contributed by atoms with van der Waals surface area (Å²) in [6.07, 6.45) is 0.656. The summed E-state index contributed by atoms with van der Waals surface area (Å²) >= 11 is 7.17. The number of hydrogen-bond donors (Lipinski definition) is 2. The molecule has 7 nitrogen and oxygen atoms in total. The number of anilines is 1. The van der Waals surface area contributed by atoms with Crippen molar-refractivity contribution in [2.24, 2.45) is 5.73 Å². The summed E-state index contributed by atoms with van der Waals surface area (Å²) in [7, 11) is 0. The van der Waals surface area contributed by atoms with Gasteiger partial charge in [-0.3, -0.25) is 9.59 Å². The molecular formula is C15H18ClN5O2S. The Morgan fingerprint density at radius 1 is 1.38 bits per heavy atom. The number of primary amides is 1. The van der Waals surface area contributed by atoms with E-state index in [0.717, 1.165) is 0 Å². The van der Waals surface area contributed by atoms with Gasteiger partial charge in [-0.1, -0.05) is 29.4 Å². The van der Waals surface area contributed by atoms with Gasteiger partial charge in [-0.25, -0.2) is 0 Å². The van der Waals surface area contributed by atoms with Crippen molar-refractivity contribution in [3.05, 3.63) is 35.1 Å². The van der Waals surface area contributed by atoms with Gasteiger partial charge in [0.05, 0.1) is 5.75 Å². The first-order valence-electron chi connectivity index (χ1n) is 7.38. The van der Waals surface area contributed by atoms with Crippen molar-refractivity contribution in [1.82, 2.24) is 14.8 Å². The molecule has 0 bridgehead atoms. The van der Waals surface area contributed by atoms with Gasteiger partial charge in [0.1, 0.15) is 5.82 Å². The molecule has 9 heteroatoms. The Balaban J connectivity index is 1.93. The number of amides is 2. The average Bonchev–Trinajstić information content (AvgIpc) is 2.93. The predicted octanol–water partition coefficient (Wildman–Crippen LogP) is 2.10. The third-order valence-corrected chi connectivity index (χ3v) is 4.35. The van der Waals surface area contributed by atoms with Crippen LogP contribution in [0.3, 0.4) is 0 Å². The molecule has 1 aromatic heterocycles. The van der Waals surface area contributed by atoms with Gasteiger partial charge in [0.2, 0.25) is 11.8 Å². The largest absolute Gasteiger partial charge is 0.370 e. The number of hydrogen-bond acceptors (Lipinski definition) is 5. The van der Waals surface area contributed by atoms with Crippen LogP contribution in [0.2, 0.25) is 5.02 Å². The maximum absolute atomic E-state index is 12.0. The number of aryl methyl sites for hydroxylation is 1. The van der Waals surface area contributed by atoms with Crippen molar-refractivity contribution in [3.63, 3.8) is 0 Å². The minimum atomic E-state index is -0.379. The number of aromatic nitrogens is 3. The van der Waals surface area contributed by atoms with Gasteiger partial charge in [-0.05, 0) is 25.1 Å². The number of carbonyl (C=O) groups excluding carboxylic acids is 2. The molecule has 0 radical (unpaired) electrons. The number of nitrogens with two attached hydrogens (primary N) is 1. The second-order valence-corrected chi connectivity index (χ2v) is 6.34. The molecule has 0 fully saturated rings. The van der Waals surface area contributed by atoms with E-state index in [1.165, 1.54) is 11.8 Å². The summed E-state index contributed by atoms with van der Waals surface area (Å²) in [5.74, 6) is 0.344. The zero-order valence-corrected chi connectivity index (χ0v) is 14.7. The number of nitrogens with one attached hydrogen (secondary N) is 1. The van der Waals surface area contributed by atoms with Crippen LogP contribution in [0.4, 0.5) is 5.69 Å². The number of thioether (sulfide) groups is 1. The average molecular weight is 368 g/mol. The van der Waals surface area contributed by atoms with Crippen molar-refractivity contribution >= 4 is 40.9 Å². The first-order chi connectivity index (χ1) is 11.5. The quantitative estimate of drug-likeness (QED) is 0.695. The topological polar surface area (TPSA) is 103 Å². The van der Waals surface area contributed by atoms with Crippen molar-refractivity contribution in [2.75, 3.05) is 11.1 Å². The van der Waals surface area contributed by atoms with Crippen LogP contribution >= 0.6 is 23.4 Å². The molecular weight excluding hydrogens is 350 g/mol. The van der Waals surface area contributed by atoms with E-state index in [4.69, 9.17) is 17.3 Å². The molecule has 2 aromatic rings. The van der Waals surface area contributed by atoms with Crippen molar-refractivity contribution in [1.29, 1.82) is 0 Å². The lowest BCUT2D eigenvalue weighted by Gasteiger charge is -2.07. The van der Waals surface area contributed by atoms with E-state index in [0.29, 0.717) is 34.7 Å². The summed E-state index contributed by atoms with van der Waals surface area (Å²) in [5.41, 5.74) is 5.80. The lowest BCUT2D eigenvalue weighted by molar-refractivity contribution is -0.118. The van der Waals surface area contributed by atoms with Crippen LogP contribution < -0.4 is 11.1 Å². The highest BCUT2D eigenvalue weighted by atomic mass is 35.5. The minimum Gasteiger partial charge on any atom is -0.370 e. The zero-order valence-electron chi connectivity index (χ0n) is 13.2. The molecule has 0 aliphatic carbocycles. The molecule has 1 heterocycles. The Morgan fingerprint density at radius 3 is 2.83 bits per heavy atom. The summed E-state index contributed by atoms with van der Waals surface area (Å²) < 4.78 is 1.88. The normalized spacial score (nSPS) is 10.6. The predicted molar refractivity (Wildman–Crippen MR) is 94.0 cm³/mol. The van der Waals surface area contributed by atoms with Crippen LogP contribution in [-0.2, 0) is 22.6 Å². The van der Waals surface area contributed by atoms with E-state index in [9.17, 15) is 9.59 Å². The summed E-state index contributed by atoms with van der Waals surface area (Å²) in [6, 6.07) is 6.96. The van der Waals surface area contributed by atoms with E-state index in [1.54, 1.807) is 24.3 Å². The summed E-state index contributed by atoms with van der Waals surface area (Å²) in [6.45, 7) is 2.60. The molecule has 0 spiro atoms. The van der Waals surface area contributed by atoms with Crippen LogP contribution in [0.5, 0.6) is 0 Å². The minimum absolute atomic E-state index is 0.161. The Bertz CT molecular complexity index is 734. The molecule has 0 atom stereocenters. The molecule has 24 heavy (non-hydrogen) atoms. The first-order valence-corrected chi connectivity index (χ1v) is 8.74. The van der Waals surface area contributed by atoms with Gasteiger partial charge in [-0.15, -0.1) is 10.2 Å². The molecule has 0 aliphatic rings. The molecule has 2 rings (SSSR count). The Labute approximate surface area is 149 Å². The highest BCUT2D eigenvalue weighted by molar-refractivity contribution is 7.99. The number of halogens is 1. The Hall–Kier alpha value is -2.06. The molecule has 128 valence electrons. The standard InChI is InChI=1S/C15H18ClN5O2S/c1-2-21-13(7-6-12(17)22)19-20-15(21)24-9-14(23)18-11-5-3-4-10(16)8-11/h3-5,8H,2,6-7,9H2,1H3,(H2,17,22)(H,18,23). The molecule has 3 N–H and O–H groups in total. The van der Waals surface area contributed by atoms with E-state index >= 15 is 0 Å². The number of nitrogens with zero attached hydrogens (tertiary/aromatic N) is 3. The third kappa shape index (κ3) is 5.24. The highest BCUT2D eigenvalue weighted by Gasteiger charge is 2.13. The molecule has 0 saturated heterocycles. The van der Waals surface area contributed by atoms with Crippen molar-refractivity contribution in [3.8, 4) is 0 Å². The number of benzene rings is 1. The zero-order chi connectivity index (χ0) is 17.5. The van der Waals surface area contributed by atoms with Crippen LogP contribution in [0, 0.1) is 0 Å². The van der Waals surface area contributed by atoms with Crippen molar-refractivity contribution in [2.45, 2.75) is 31.5 Å². The summed E-state index contributed by atoms with van der Waals surface area (Å²) in [5, 5.41) is 12.1. The lowest BCUT2D eigenvalue weighted by atomic mass is 10.3. The van der Waals surface area contributed by atoms with Gasteiger partial charge in [0.25, 0.3) is 0 Å². The second-order valence-electron chi connectivity index (χ2n) is 4.96. The number of rotatable bonds is 8. The molecule has 0 aliphatic heterocycles. The van der Waals surface area contributed by atoms with Crippen LogP contribution in [0.15, 0.2) is 29.4 Å². The van der Waals surface area contributed by atoms with Gasteiger partial charge < -0.3 is 15.6 Å². The Morgan fingerprint density at radius 2 is 2.17 bits per heavy atom. The smallest absolute Gasteiger partial charge is 0.234 e. The SMILES string of the molecule is CCn1c(CCC(N)=O)nnc1SCC(=O)Nc1cccc(Cl)c1. The first kappa shape index (κ1) is 18.3. The third-order valence-electron chi connectivity index (χ3n) is 3.15. The van der Waals surface area contributed by atoms with Crippen LogP contribution in [0.25, 0.3) is 0 Å². The monoisotopic (exact) mass is 367 g/mol. The highest BCUT2D eigenvalue weighted by Crippen LogP contribution is 2.19. The van der Waals surface area contributed by atoms with Crippen LogP contribution in [0.1, 0.15) is 19.2 Å². The van der Waals surface area contributed by atoms with E-state index in [-0.39, 0.29) is 24.0 Å². The van der Waals surface area contributed by atoms with E-state index < -0.39 is 0 Å². The molecule has 0 unspecified atom stereocenters. The molecule has 1 aromatic carbocycles. The van der Waals surface area contributed by atoms with Gasteiger partial charge >= 0.3 is 0 Å². The fourth-order valence-electron chi connectivity index (χ4n) is 2.06. The second kappa shape index (κ2) is 8.70. The van der Waals surface area contributed by atoms with E-state index in [2.05, 4.69) is 15.5 Å². The lowest BCUT2D eigenvalue weighted by Crippen LogP contribution is -2.15. The summed E-state index contributed by atoms with van der Waals surface area (Å²) in [4.78, 5) is 22.9. The van der Waals surface area contributed by atoms with Gasteiger partial charge in [-0.2, -0.15) is 0 Å².